The second-order valence-electron chi connectivity index (χ2n) is 6.73. The van der Waals surface area contributed by atoms with Crippen molar-refractivity contribution < 1.29 is 4.79 Å². The van der Waals surface area contributed by atoms with Crippen LogP contribution in [0.5, 0.6) is 0 Å². The van der Waals surface area contributed by atoms with Gasteiger partial charge in [-0.15, -0.1) is 0 Å². The Morgan fingerprint density at radius 2 is 1.64 bits per heavy atom. The molecule has 1 aromatic carbocycles. The summed E-state index contributed by atoms with van der Waals surface area (Å²) in [6.45, 7) is 6.63. The number of benzene rings is 1. The van der Waals surface area contributed by atoms with E-state index in [2.05, 4.69) is 39.5 Å². The van der Waals surface area contributed by atoms with Crippen LogP contribution in [0.2, 0.25) is 0 Å². The molecule has 0 aliphatic rings. The van der Waals surface area contributed by atoms with Gasteiger partial charge in [0.2, 0.25) is 0 Å². The Morgan fingerprint density at radius 3 is 2.16 bits per heavy atom. The van der Waals surface area contributed by atoms with Crippen LogP contribution in [0.25, 0.3) is 0 Å². The number of hydrogen-bond donors (Lipinski definition) is 1. The summed E-state index contributed by atoms with van der Waals surface area (Å²) < 4.78 is 0. The molecule has 0 saturated heterocycles. The highest BCUT2D eigenvalue weighted by molar-refractivity contribution is 5.75. The highest BCUT2D eigenvalue weighted by Crippen LogP contribution is 2.16. The Hall–Kier alpha value is -2.56. The first kappa shape index (κ1) is 18.8. The van der Waals surface area contributed by atoms with Gasteiger partial charge in [0.05, 0.1) is 6.04 Å². The Labute approximate surface area is 150 Å². The van der Waals surface area contributed by atoms with E-state index >= 15 is 0 Å². The molecule has 0 bridgehead atoms. The van der Waals surface area contributed by atoms with Crippen molar-refractivity contribution in [3.63, 3.8) is 0 Å². The van der Waals surface area contributed by atoms with Crippen LogP contribution in [0.1, 0.15) is 37.9 Å². The van der Waals surface area contributed by atoms with Crippen molar-refractivity contribution in [1.82, 2.24) is 15.2 Å². The Kier molecular flexibility index (Phi) is 6.39. The smallest absolute Gasteiger partial charge is 0.318 e. The lowest BCUT2D eigenvalue weighted by molar-refractivity contribution is 0.176. The monoisotopic (exact) mass is 340 g/mol. The maximum Gasteiger partial charge on any atom is 0.318 e. The van der Waals surface area contributed by atoms with E-state index in [1.165, 1.54) is 0 Å². The molecule has 0 aliphatic carbocycles. The molecule has 0 unspecified atom stereocenters. The molecule has 1 N–H and O–H groups in total. The average molecular weight is 340 g/mol. The minimum absolute atomic E-state index is 0.0593. The summed E-state index contributed by atoms with van der Waals surface area (Å²) in [4.78, 5) is 20.7. The third kappa shape index (κ3) is 5.21. The molecule has 0 saturated carbocycles. The molecule has 0 fully saturated rings. The van der Waals surface area contributed by atoms with E-state index < -0.39 is 0 Å². The first-order valence-electron chi connectivity index (χ1n) is 8.61. The summed E-state index contributed by atoms with van der Waals surface area (Å²) >= 11 is 0. The van der Waals surface area contributed by atoms with Crippen molar-refractivity contribution >= 4 is 11.7 Å². The van der Waals surface area contributed by atoms with Crippen molar-refractivity contribution in [1.29, 1.82) is 0 Å². The molecular weight excluding hydrogens is 312 g/mol. The van der Waals surface area contributed by atoms with Gasteiger partial charge in [0.25, 0.3) is 0 Å². The number of urea groups is 1. The normalized spacial score (nSPS) is 11.9. The second kappa shape index (κ2) is 8.51. The van der Waals surface area contributed by atoms with Gasteiger partial charge in [-0.05, 0) is 56.2 Å². The lowest BCUT2D eigenvalue weighted by atomic mass is 10.1. The maximum absolute atomic E-state index is 12.7. The van der Waals surface area contributed by atoms with Gasteiger partial charge in [0, 0.05) is 44.8 Å². The van der Waals surface area contributed by atoms with Crippen molar-refractivity contribution in [2.45, 2.75) is 39.4 Å². The summed E-state index contributed by atoms with van der Waals surface area (Å²) in [5.41, 5.74) is 3.31. The summed E-state index contributed by atoms with van der Waals surface area (Å²) in [5.74, 6) is 0. The van der Waals surface area contributed by atoms with Gasteiger partial charge in [-0.25, -0.2) is 4.79 Å². The SMILES string of the molecule is CC(C)N(Cc1ccc(N(C)C)cc1)C(=O)N[C@H](C)c1ccncc1. The predicted octanol–water partition coefficient (Wildman–Crippen LogP) is 3.83. The highest BCUT2D eigenvalue weighted by atomic mass is 16.2. The van der Waals surface area contributed by atoms with Gasteiger partial charge < -0.3 is 15.1 Å². The summed E-state index contributed by atoms with van der Waals surface area (Å²) in [6.07, 6.45) is 3.48. The zero-order valence-corrected chi connectivity index (χ0v) is 15.7. The van der Waals surface area contributed by atoms with E-state index in [1.54, 1.807) is 12.4 Å². The topological polar surface area (TPSA) is 48.5 Å². The van der Waals surface area contributed by atoms with E-state index in [4.69, 9.17) is 0 Å². The van der Waals surface area contributed by atoms with Crippen LogP contribution < -0.4 is 10.2 Å². The molecular formula is C20H28N4O. The molecule has 134 valence electrons. The molecule has 2 aromatic rings. The third-order valence-electron chi connectivity index (χ3n) is 4.24. The number of rotatable bonds is 6. The number of amides is 2. The van der Waals surface area contributed by atoms with E-state index in [-0.39, 0.29) is 18.1 Å². The summed E-state index contributed by atoms with van der Waals surface area (Å²) in [7, 11) is 4.03. The number of aromatic nitrogens is 1. The minimum atomic E-state index is -0.0622. The maximum atomic E-state index is 12.7. The van der Waals surface area contributed by atoms with Gasteiger partial charge in [-0.3, -0.25) is 4.98 Å². The fraction of sp³-hybridized carbons (Fsp3) is 0.400. The number of hydrogen-bond acceptors (Lipinski definition) is 3. The largest absolute Gasteiger partial charge is 0.378 e. The summed E-state index contributed by atoms with van der Waals surface area (Å²) in [6, 6.07) is 12.1. The first-order valence-corrected chi connectivity index (χ1v) is 8.61. The van der Waals surface area contributed by atoms with Crippen LogP contribution in [0.4, 0.5) is 10.5 Å². The second-order valence-corrected chi connectivity index (χ2v) is 6.73. The average Bonchev–Trinajstić information content (AvgIpc) is 2.60. The zero-order valence-electron chi connectivity index (χ0n) is 15.7. The molecule has 1 aromatic heterocycles. The van der Waals surface area contributed by atoms with Gasteiger partial charge in [0.15, 0.2) is 0 Å². The Balaban J connectivity index is 2.05. The van der Waals surface area contributed by atoms with Crippen molar-refractivity contribution in [3.05, 3.63) is 59.9 Å². The molecule has 0 spiro atoms. The number of carbonyl (C=O) groups is 1. The Bertz CT molecular complexity index is 668. The third-order valence-corrected chi connectivity index (χ3v) is 4.24. The summed E-state index contributed by atoms with van der Waals surface area (Å²) in [5, 5.41) is 3.08. The van der Waals surface area contributed by atoms with Gasteiger partial charge >= 0.3 is 6.03 Å². The molecule has 1 atom stereocenters. The van der Waals surface area contributed by atoms with Crippen LogP contribution >= 0.6 is 0 Å². The molecule has 2 amide bonds. The molecule has 0 aliphatic heterocycles. The van der Waals surface area contributed by atoms with Crippen molar-refractivity contribution in [2.75, 3.05) is 19.0 Å². The lowest BCUT2D eigenvalue weighted by Crippen LogP contribution is -2.44. The Morgan fingerprint density at radius 1 is 1.04 bits per heavy atom. The van der Waals surface area contributed by atoms with Gasteiger partial charge in [-0.2, -0.15) is 0 Å². The molecule has 5 nitrogen and oxygen atoms in total. The molecule has 0 radical (unpaired) electrons. The van der Waals surface area contributed by atoms with E-state index in [0.29, 0.717) is 6.54 Å². The van der Waals surface area contributed by atoms with Crippen molar-refractivity contribution in [2.24, 2.45) is 0 Å². The predicted molar refractivity (Wildman–Crippen MR) is 103 cm³/mol. The quantitative estimate of drug-likeness (QED) is 0.869. The molecule has 25 heavy (non-hydrogen) atoms. The number of nitrogens with one attached hydrogen (secondary N) is 1. The molecule has 5 heteroatoms. The number of anilines is 1. The standard InChI is InChI=1S/C20H28N4O/c1-15(2)24(14-17-6-8-19(9-7-17)23(4)5)20(25)22-16(3)18-10-12-21-13-11-18/h6-13,15-16H,14H2,1-5H3,(H,22,25)/t16-/m1/s1. The molecule has 1 heterocycles. The van der Waals surface area contributed by atoms with E-state index in [0.717, 1.165) is 16.8 Å². The fourth-order valence-corrected chi connectivity index (χ4v) is 2.59. The van der Waals surface area contributed by atoms with Crippen LogP contribution in [0.3, 0.4) is 0 Å². The number of carbonyl (C=O) groups excluding carboxylic acids is 1. The number of nitrogens with zero attached hydrogens (tertiary/aromatic N) is 3. The number of pyridine rings is 1. The van der Waals surface area contributed by atoms with Crippen LogP contribution in [-0.4, -0.2) is 36.1 Å². The van der Waals surface area contributed by atoms with Crippen LogP contribution in [0.15, 0.2) is 48.8 Å². The van der Waals surface area contributed by atoms with E-state index in [1.807, 2.05) is 51.9 Å². The van der Waals surface area contributed by atoms with Crippen LogP contribution in [0, 0.1) is 0 Å². The van der Waals surface area contributed by atoms with E-state index in [9.17, 15) is 4.79 Å². The minimum Gasteiger partial charge on any atom is -0.378 e. The van der Waals surface area contributed by atoms with Gasteiger partial charge in [-0.1, -0.05) is 12.1 Å². The first-order chi connectivity index (χ1) is 11.9. The zero-order chi connectivity index (χ0) is 18.4. The fourth-order valence-electron chi connectivity index (χ4n) is 2.59. The van der Waals surface area contributed by atoms with Gasteiger partial charge in [0.1, 0.15) is 0 Å². The molecule has 2 rings (SSSR count). The highest BCUT2D eigenvalue weighted by Gasteiger charge is 2.19. The van der Waals surface area contributed by atoms with Crippen molar-refractivity contribution in [3.8, 4) is 0 Å². The van der Waals surface area contributed by atoms with Crippen LogP contribution in [-0.2, 0) is 6.54 Å². The lowest BCUT2D eigenvalue weighted by Gasteiger charge is -2.29.